The number of halogens is 1. The van der Waals surface area contributed by atoms with Crippen LogP contribution in [0.4, 0.5) is 4.39 Å². The SMILES string of the molecule is Cc1nc2ccccc2c(=O)n1-c1cccc(F)c1. The van der Waals surface area contributed by atoms with Crippen LogP contribution in [0, 0.1) is 12.7 Å². The van der Waals surface area contributed by atoms with Gasteiger partial charge in [0, 0.05) is 0 Å². The van der Waals surface area contributed by atoms with Gasteiger partial charge in [-0.3, -0.25) is 9.36 Å². The molecule has 0 saturated carbocycles. The zero-order valence-corrected chi connectivity index (χ0v) is 10.3. The van der Waals surface area contributed by atoms with Gasteiger partial charge in [0.1, 0.15) is 11.6 Å². The van der Waals surface area contributed by atoms with Gasteiger partial charge >= 0.3 is 0 Å². The highest BCUT2D eigenvalue weighted by molar-refractivity contribution is 5.77. The van der Waals surface area contributed by atoms with Gasteiger partial charge in [-0.25, -0.2) is 9.37 Å². The van der Waals surface area contributed by atoms with Gasteiger partial charge in [0.2, 0.25) is 0 Å². The molecule has 19 heavy (non-hydrogen) atoms. The van der Waals surface area contributed by atoms with Crippen molar-refractivity contribution in [2.75, 3.05) is 0 Å². The highest BCUT2D eigenvalue weighted by atomic mass is 19.1. The normalized spacial score (nSPS) is 10.8. The summed E-state index contributed by atoms with van der Waals surface area (Å²) in [4.78, 5) is 16.8. The Balaban J connectivity index is 2.39. The molecule has 0 aliphatic rings. The van der Waals surface area contributed by atoms with Crippen LogP contribution < -0.4 is 5.56 Å². The molecule has 0 N–H and O–H groups in total. The number of aryl methyl sites for hydroxylation is 1. The predicted molar refractivity (Wildman–Crippen MR) is 72.0 cm³/mol. The maximum absolute atomic E-state index is 13.3. The highest BCUT2D eigenvalue weighted by Crippen LogP contribution is 2.13. The molecule has 3 nitrogen and oxygen atoms in total. The van der Waals surface area contributed by atoms with Crippen LogP contribution in [0.2, 0.25) is 0 Å². The quantitative estimate of drug-likeness (QED) is 0.669. The Bertz CT molecular complexity index is 824. The van der Waals surface area contributed by atoms with Gasteiger partial charge in [-0.15, -0.1) is 0 Å². The number of aromatic nitrogens is 2. The molecular weight excluding hydrogens is 243 g/mol. The summed E-state index contributed by atoms with van der Waals surface area (Å²) in [5, 5.41) is 0.525. The summed E-state index contributed by atoms with van der Waals surface area (Å²) in [6.07, 6.45) is 0. The molecule has 1 aromatic heterocycles. The summed E-state index contributed by atoms with van der Waals surface area (Å²) < 4.78 is 14.7. The van der Waals surface area contributed by atoms with Gasteiger partial charge in [0.15, 0.2) is 0 Å². The van der Waals surface area contributed by atoms with Crippen LogP contribution in [0.5, 0.6) is 0 Å². The van der Waals surface area contributed by atoms with Crippen molar-refractivity contribution < 1.29 is 4.39 Å². The van der Waals surface area contributed by atoms with Crippen LogP contribution in [0.25, 0.3) is 16.6 Å². The molecule has 3 rings (SSSR count). The van der Waals surface area contributed by atoms with E-state index in [0.717, 1.165) is 0 Å². The number of hydrogen-bond donors (Lipinski definition) is 0. The Labute approximate surface area is 109 Å². The molecule has 2 aromatic carbocycles. The van der Waals surface area contributed by atoms with Crippen molar-refractivity contribution in [1.29, 1.82) is 0 Å². The van der Waals surface area contributed by atoms with E-state index in [1.165, 1.54) is 16.7 Å². The van der Waals surface area contributed by atoms with Gasteiger partial charge in [-0.1, -0.05) is 18.2 Å². The molecule has 0 atom stereocenters. The fraction of sp³-hybridized carbons (Fsp3) is 0.0667. The molecule has 3 aromatic rings. The summed E-state index contributed by atoms with van der Waals surface area (Å²) in [5.74, 6) is 0.159. The van der Waals surface area contributed by atoms with Crippen molar-refractivity contribution in [3.63, 3.8) is 0 Å². The third-order valence-electron chi connectivity index (χ3n) is 3.01. The van der Waals surface area contributed by atoms with E-state index in [4.69, 9.17) is 0 Å². The fourth-order valence-corrected chi connectivity index (χ4v) is 2.16. The van der Waals surface area contributed by atoms with Crippen LogP contribution in [0.1, 0.15) is 5.82 Å². The maximum atomic E-state index is 13.3. The zero-order chi connectivity index (χ0) is 13.4. The molecule has 4 heteroatoms. The van der Waals surface area contributed by atoms with Crippen molar-refractivity contribution in [2.24, 2.45) is 0 Å². The minimum Gasteiger partial charge on any atom is -0.268 e. The first kappa shape index (κ1) is 11.6. The molecular formula is C15H11FN2O. The number of nitrogens with zero attached hydrogens (tertiary/aromatic N) is 2. The lowest BCUT2D eigenvalue weighted by atomic mass is 10.2. The van der Waals surface area contributed by atoms with Crippen molar-refractivity contribution in [3.8, 4) is 5.69 Å². The molecule has 0 fully saturated rings. The van der Waals surface area contributed by atoms with E-state index in [1.807, 2.05) is 6.07 Å². The second kappa shape index (κ2) is 4.31. The van der Waals surface area contributed by atoms with Crippen LogP contribution in [0.3, 0.4) is 0 Å². The summed E-state index contributed by atoms with van der Waals surface area (Å²) >= 11 is 0. The average Bonchev–Trinajstić information content (AvgIpc) is 2.39. The minimum absolute atomic E-state index is 0.186. The van der Waals surface area contributed by atoms with Crippen molar-refractivity contribution >= 4 is 10.9 Å². The Morgan fingerprint density at radius 1 is 1.11 bits per heavy atom. The Morgan fingerprint density at radius 2 is 1.89 bits per heavy atom. The number of para-hydroxylation sites is 1. The van der Waals surface area contributed by atoms with E-state index < -0.39 is 0 Å². The van der Waals surface area contributed by atoms with Gasteiger partial charge in [-0.05, 0) is 37.3 Å². The number of rotatable bonds is 1. The first-order chi connectivity index (χ1) is 9.16. The number of hydrogen-bond acceptors (Lipinski definition) is 2. The molecule has 0 radical (unpaired) electrons. The highest BCUT2D eigenvalue weighted by Gasteiger charge is 2.09. The monoisotopic (exact) mass is 254 g/mol. The molecule has 94 valence electrons. The molecule has 0 spiro atoms. The fourth-order valence-electron chi connectivity index (χ4n) is 2.16. The molecule has 0 aliphatic heterocycles. The molecule has 0 bridgehead atoms. The zero-order valence-electron chi connectivity index (χ0n) is 10.3. The molecule has 0 amide bonds. The second-order valence-electron chi connectivity index (χ2n) is 4.30. The minimum atomic E-state index is -0.378. The van der Waals surface area contributed by atoms with Gasteiger partial charge in [0.25, 0.3) is 5.56 Å². The summed E-state index contributed by atoms with van der Waals surface area (Å²) in [6.45, 7) is 1.73. The first-order valence-corrected chi connectivity index (χ1v) is 5.91. The largest absolute Gasteiger partial charge is 0.268 e. The summed E-state index contributed by atoms with van der Waals surface area (Å²) in [6, 6.07) is 13.1. The first-order valence-electron chi connectivity index (χ1n) is 5.91. The van der Waals surface area contributed by atoms with Crippen LogP contribution >= 0.6 is 0 Å². The lowest BCUT2D eigenvalue weighted by Crippen LogP contribution is -2.22. The Morgan fingerprint density at radius 3 is 2.68 bits per heavy atom. The second-order valence-corrected chi connectivity index (χ2v) is 4.30. The lowest BCUT2D eigenvalue weighted by Gasteiger charge is -2.10. The Hall–Kier alpha value is -2.49. The van der Waals surface area contributed by atoms with Gasteiger partial charge in [-0.2, -0.15) is 0 Å². The Kier molecular flexibility index (Phi) is 2.63. The molecule has 0 saturated heterocycles. The van der Waals surface area contributed by atoms with Crippen molar-refractivity contribution in [1.82, 2.24) is 9.55 Å². The average molecular weight is 254 g/mol. The van der Waals surface area contributed by atoms with Crippen LogP contribution in [0.15, 0.2) is 53.3 Å². The third-order valence-corrected chi connectivity index (χ3v) is 3.01. The molecule has 0 aliphatic carbocycles. The van der Waals surface area contributed by atoms with E-state index in [-0.39, 0.29) is 11.4 Å². The van der Waals surface area contributed by atoms with E-state index in [1.54, 1.807) is 37.3 Å². The smallest absolute Gasteiger partial charge is 0.265 e. The summed E-state index contributed by atoms with van der Waals surface area (Å²) in [7, 11) is 0. The van der Waals surface area contributed by atoms with E-state index in [0.29, 0.717) is 22.4 Å². The lowest BCUT2D eigenvalue weighted by molar-refractivity contribution is 0.626. The van der Waals surface area contributed by atoms with Crippen molar-refractivity contribution in [3.05, 3.63) is 70.5 Å². The van der Waals surface area contributed by atoms with E-state index in [9.17, 15) is 9.18 Å². The van der Waals surface area contributed by atoms with Crippen LogP contribution in [-0.2, 0) is 0 Å². The molecule has 0 unspecified atom stereocenters. The van der Waals surface area contributed by atoms with E-state index >= 15 is 0 Å². The number of benzene rings is 2. The topological polar surface area (TPSA) is 34.9 Å². The standard InChI is InChI=1S/C15H11FN2O/c1-10-17-14-8-3-2-7-13(14)15(19)18(10)12-6-4-5-11(16)9-12/h2-9H,1H3. The van der Waals surface area contributed by atoms with Crippen molar-refractivity contribution in [2.45, 2.75) is 6.92 Å². The van der Waals surface area contributed by atoms with E-state index in [2.05, 4.69) is 4.98 Å². The predicted octanol–water partition coefficient (Wildman–Crippen LogP) is 2.83. The van der Waals surface area contributed by atoms with Gasteiger partial charge < -0.3 is 0 Å². The van der Waals surface area contributed by atoms with Crippen LogP contribution in [-0.4, -0.2) is 9.55 Å². The van der Waals surface area contributed by atoms with Gasteiger partial charge in [0.05, 0.1) is 16.6 Å². The third kappa shape index (κ3) is 1.91. The maximum Gasteiger partial charge on any atom is 0.265 e. The number of fused-ring (bicyclic) bond motifs is 1. The molecule has 1 heterocycles. The summed E-state index contributed by atoms with van der Waals surface area (Å²) in [5.41, 5.74) is 0.951.